The van der Waals surface area contributed by atoms with Gasteiger partial charge in [0.05, 0.1) is 11.1 Å². The van der Waals surface area contributed by atoms with Crippen molar-refractivity contribution in [2.24, 2.45) is 5.92 Å². The monoisotopic (exact) mass is 695 g/mol. The Morgan fingerprint density at radius 2 is 1.37 bits per heavy atom. The number of hydrogen-bond donors (Lipinski definition) is 0. The molecule has 8 aromatic rings. The van der Waals surface area contributed by atoms with Crippen LogP contribution >= 0.6 is 0 Å². The first-order valence-corrected chi connectivity index (χ1v) is 18.6. The van der Waals surface area contributed by atoms with Gasteiger partial charge in [0.15, 0.2) is 0 Å². The first kappa shape index (κ1) is 30.9. The van der Waals surface area contributed by atoms with E-state index in [0.29, 0.717) is 0 Å². The minimum atomic E-state index is -0.763. The van der Waals surface area contributed by atoms with E-state index >= 15 is 4.39 Å². The molecule has 1 spiro atoms. The van der Waals surface area contributed by atoms with Gasteiger partial charge in [-0.05, 0) is 118 Å². The molecule has 0 aliphatic heterocycles. The van der Waals surface area contributed by atoms with Crippen LogP contribution in [-0.2, 0) is 5.41 Å². The summed E-state index contributed by atoms with van der Waals surface area (Å²) in [5.41, 5.74) is 20.1. The first-order chi connectivity index (χ1) is 26.5. The molecule has 7 aromatic carbocycles. The predicted molar refractivity (Wildman–Crippen MR) is 219 cm³/mol. The van der Waals surface area contributed by atoms with Gasteiger partial charge < -0.3 is 9.32 Å². The topological polar surface area (TPSA) is 16.4 Å². The molecule has 1 heterocycles. The summed E-state index contributed by atoms with van der Waals surface area (Å²) in [5, 5.41) is 2.17. The van der Waals surface area contributed by atoms with E-state index < -0.39 is 5.41 Å². The summed E-state index contributed by atoms with van der Waals surface area (Å²) in [6, 6.07) is 52.8. The summed E-state index contributed by atoms with van der Waals surface area (Å²) >= 11 is 0. The van der Waals surface area contributed by atoms with Crippen LogP contribution in [0.15, 0.2) is 180 Å². The lowest BCUT2D eigenvalue weighted by atomic mass is 9.68. The SMILES string of the molecule is Cc1ccc2c(c1)C1(C3=C2C(C)C=C=C3)c2cc(F)ccc2-c2cccc(N(c3ccc(-c4ccccc4)cc3)c3ccc4c(c3)oc3ccccc34)c21. The van der Waals surface area contributed by atoms with Crippen molar-refractivity contribution < 1.29 is 8.81 Å². The molecule has 0 amide bonds. The van der Waals surface area contributed by atoms with Crippen LogP contribution in [0.5, 0.6) is 0 Å². The van der Waals surface area contributed by atoms with Crippen LogP contribution < -0.4 is 4.90 Å². The number of para-hydroxylation sites is 1. The van der Waals surface area contributed by atoms with E-state index in [1.54, 1.807) is 12.1 Å². The Hall–Kier alpha value is -6.67. The highest BCUT2D eigenvalue weighted by molar-refractivity contribution is 6.07. The zero-order valence-electron chi connectivity index (χ0n) is 29.9. The van der Waals surface area contributed by atoms with Gasteiger partial charge in [0.1, 0.15) is 17.0 Å². The second-order valence-corrected chi connectivity index (χ2v) is 14.8. The molecule has 2 atom stereocenters. The maximum Gasteiger partial charge on any atom is 0.137 e. The molecule has 0 fully saturated rings. The van der Waals surface area contributed by atoms with Crippen molar-refractivity contribution in [3.63, 3.8) is 0 Å². The van der Waals surface area contributed by atoms with Crippen molar-refractivity contribution in [2.45, 2.75) is 19.3 Å². The maximum absolute atomic E-state index is 15.7. The van der Waals surface area contributed by atoms with Crippen molar-refractivity contribution in [1.29, 1.82) is 0 Å². The van der Waals surface area contributed by atoms with Gasteiger partial charge in [-0.1, -0.05) is 110 Å². The minimum absolute atomic E-state index is 0.149. The van der Waals surface area contributed by atoms with E-state index in [9.17, 15) is 0 Å². The lowest BCUT2D eigenvalue weighted by Crippen LogP contribution is -2.29. The number of allylic oxidation sites excluding steroid dienone is 3. The summed E-state index contributed by atoms with van der Waals surface area (Å²) in [5.74, 6) is -0.0889. The largest absolute Gasteiger partial charge is 0.456 e. The van der Waals surface area contributed by atoms with Gasteiger partial charge in [0.25, 0.3) is 0 Å². The Labute approximate surface area is 313 Å². The number of hydrogen-bond acceptors (Lipinski definition) is 2. The summed E-state index contributed by atoms with van der Waals surface area (Å²) in [7, 11) is 0. The molecule has 2 unspecified atom stereocenters. The van der Waals surface area contributed by atoms with Gasteiger partial charge in [-0.2, -0.15) is 0 Å². The van der Waals surface area contributed by atoms with E-state index in [0.717, 1.165) is 66.8 Å². The van der Waals surface area contributed by atoms with Crippen molar-refractivity contribution >= 4 is 44.6 Å². The van der Waals surface area contributed by atoms with E-state index in [-0.39, 0.29) is 11.7 Å². The van der Waals surface area contributed by atoms with Gasteiger partial charge in [0.2, 0.25) is 0 Å². The number of furan rings is 1. The predicted octanol–water partition coefficient (Wildman–Crippen LogP) is 13.6. The van der Waals surface area contributed by atoms with Crippen molar-refractivity contribution in [2.75, 3.05) is 4.90 Å². The lowest BCUT2D eigenvalue weighted by Gasteiger charge is -2.36. The number of aryl methyl sites for hydroxylation is 1. The molecule has 0 saturated carbocycles. The van der Waals surface area contributed by atoms with Crippen molar-refractivity contribution in [3.05, 3.63) is 209 Å². The van der Waals surface area contributed by atoms with Crippen LogP contribution in [-0.4, -0.2) is 0 Å². The maximum atomic E-state index is 15.7. The van der Waals surface area contributed by atoms with Gasteiger partial charge in [-0.3, -0.25) is 0 Å². The second-order valence-electron chi connectivity index (χ2n) is 14.8. The third-order valence-electron chi connectivity index (χ3n) is 11.8. The normalized spacial score (nSPS) is 17.6. The molecule has 0 saturated heterocycles. The van der Waals surface area contributed by atoms with Crippen LogP contribution in [0.4, 0.5) is 21.5 Å². The van der Waals surface area contributed by atoms with Crippen LogP contribution in [0.1, 0.15) is 34.7 Å². The number of fused-ring (bicyclic) bond motifs is 12. The van der Waals surface area contributed by atoms with E-state index in [1.807, 2.05) is 24.3 Å². The molecule has 3 aliphatic carbocycles. The Morgan fingerprint density at radius 3 is 2.24 bits per heavy atom. The van der Waals surface area contributed by atoms with Crippen LogP contribution in [0, 0.1) is 18.7 Å². The molecule has 3 aliphatic rings. The average molecular weight is 696 g/mol. The van der Waals surface area contributed by atoms with Gasteiger partial charge >= 0.3 is 0 Å². The van der Waals surface area contributed by atoms with Gasteiger partial charge in [0, 0.05) is 39.7 Å². The molecular weight excluding hydrogens is 662 g/mol. The lowest BCUT2D eigenvalue weighted by molar-refractivity contribution is 0.622. The van der Waals surface area contributed by atoms with Gasteiger partial charge in [-0.25, -0.2) is 4.39 Å². The molecule has 1 aromatic heterocycles. The molecule has 0 radical (unpaired) electrons. The number of anilines is 3. The zero-order chi connectivity index (χ0) is 36.1. The minimum Gasteiger partial charge on any atom is -0.456 e. The number of halogens is 1. The Kier molecular flexibility index (Phi) is 6.53. The molecule has 256 valence electrons. The number of benzene rings is 7. The van der Waals surface area contributed by atoms with Gasteiger partial charge in [-0.15, -0.1) is 5.73 Å². The molecule has 2 nitrogen and oxygen atoms in total. The average Bonchev–Trinajstić information content (AvgIpc) is 3.82. The highest BCUT2D eigenvalue weighted by Gasteiger charge is 2.55. The van der Waals surface area contributed by atoms with E-state index in [4.69, 9.17) is 4.42 Å². The van der Waals surface area contributed by atoms with E-state index in [2.05, 4.69) is 152 Å². The highest BCUT2D eigenvalue weighted by Crippen LogP contribution is 2.66. The molecule has 11 rings (SSSR count). The molecular formula is C51H34FNO. The summed E-state index contributed by atoms with van der Waals surface area (Å²) in [4.78, 5) is 2.37. The fraction of sp³-hybridized carbons (Fsp3) is 0.0784. The standard InChI is InChI=1S/C51H34FNO/c1-31-18-25-42-44(28-31)51(43-15-8-10-32(2)49(42)43)45-29-35(52)21-26-38(45)41-14-9-16-46(50(41)51)53(36-22-19-34(20-23-36)33-11-4-3-5-12-33)37-24-27-40-39-13-6-7-17-47(39)54-48(40)30-37/h3-7,9-30,32H,1-2H3. The fourth-order valence-corrected chi connectivity index (χ4v) is 9.55. The summed E-state index contributed by atoms with van der Waals surface area (Å²) in [6.45, 7) is 4.40. The summed E-state index contributed by atoms with van der Waals surface area (Å²) < 4.78 is 22.2. The number of nitrogens with zero attached hydrogens (tertiary/aromatic N) is 1. The van der Waals surface area contributed by atoms with Crippen molar-refractivity contribution in [1.82, 2.24) is 0 Å². The number of rotatable bonds is 4. The quantitative estimate of drug-likeness (QED) is 0.170. The molecule has 3 heteroatoms. The summed E-state index contributed by atoms with van der Waals surface area (Å²) in [6.07, 6.45) is 4.31. The Balaban J connectivity index is 1.23. The Bertz CT molecular complexity index is 2960. The second kappa shape index (κ2) is 11.4. The molecule has 0 bridgehead atoms. The first-order valence-electron chi connectivity index (χ1n) is 18.6. The third kappa shape index (κ3) is 4.22. The zero-order valence-corrected chi connectivity index (χ0v) is 29.9. The molecule has 54 heavy (non-hydrogen) atoms. The highest BCUT2D eigenvalue weighted by atomic mass is 19.1. The smallest absolute Gasteiger partial charge is 0.137 e. The fourth-order valence-electron chi connectivity index (χ4n) is 9.55. The van der Waals surface area contributed by atoms with E-state index in [1.165, 1.54) is 33.4 Å². The van der Waals surface area contributed by atoms with Crippen molar-refractivity contribution in [3.8, 4) is 22.3 Å². The van der Waals surface area contributed by atoms with Crippen LogP contribution in [0.25, 0.3) is 49.8 Å². The van der Waals surface area contributed by atoms with Crippen LogP contribution in [0.2, 0.25) is 0 Å². The van der Waals surface area contributed by atoms with Crippen LogP contribution in [0.3, 0.4) is 0 Å². The third-order valence-corrected chi connectivity index (χ3v) is 11.8. The molecule has 0 N–H and O–H groups in total. The Morgan fingerprint density at radius 1 is 0.630 bits per heavy atom.